The Morgan fingerprint density at radius 3 is 2.65 bits per heavy atom. The minimum atomic E-state index is -4.11. The number of nitrogens with one attached hydrogen (secondary N) is 2. The third kappa shape index (κ3) is 2.91. The van der Waals surface area contributed by atoms with E-state index in [1.807, 2.05) is 4.72 Å². The van der Waals surface area contributed by atoms with Crippen LogP contribution < -0.4 is 4.72 Å². The third-order valence-corrected chi connectivity index (χ3v) is 3.95. The molecule has 0 atom stereocenters. The minimum Gasteiger partial charge on any atom is -0.477 e. The lowest BCUT2D eigenvalue weighted by atomic mass is 10.3. The number of anilines is 1. The van der Waals surface area contributed by atoms with Gasteiger partial charge in [-0.1, -0.05) is 11.6 Å². The molecule has 0 aliphatic carbocycles. The maximum absolute atomic E-state index is 13.5. The summed E-state index contributed by atoms with van der Waals surface area (Å²) in [5.41, 5.74) is -0.618. The van der Waals surface area contributed by atoms with E-state index in [0.29, 0.717) is 0 Å². The molecule has 2 rings (SSSR count). The molecular formula is C11H8ClFN2O4S. The molecule has 20 heavy (non-hydrogen) atoms. The standard InChI is InChI=1S/C11H8ClFN2O4S/c12-6-1-2-8(13)9(3-6)15-20(18,19)7-4-10(11(16)17)14-5-7/h1-5,14-15H,(H,16,17). The number of aromatic amines is 1. The van der Waals surface area contributed by atoms with Crippen molar-refractivity contribution in [1.82, 2.24) is 4.98 Å². The summed E-state index contributed by atoms with van der Waals surface area (Å²) in [5.74, 6) is -2.10. The predicted octanol–water partition coefficient (Wildman–Crippen LogP) is 2.31. The summed E-state index contributed by atoms with van der Waals surface area (Å²) in [4.78, 5) is 12.6. The molecule has 9 heteroatoms. The number of H-pyrrole nitrogens is 1. The van der Waals surface area contributed by atoms with Crippen molar-refractivity contribution in [3.63, 3.8) is 0 Å². The summed E-state index contributed by atoms with van der Waals surface area (Å²) in [5, 5.41) is 8.87. The Labute approximate surface area is 118 Å². The largest absolute Gasteiger partial charge is 0.477 e. The van der Waals surface area contributed by atoms with Gasteiger partial charge in [0, 0.05) is 11.2 Å². The molecular weight excluding hydrogens is 311 g/mol. The molecule has 3 N–H and O–H groups in total. The highest BCUT2D eigenvalue weighted by Gasteiger charge is 2.19. The quantitative estimate of drug-likeness (QED) is 0.805. The number of aromatic carboxylic acids is 1. The number of hydrogen-bond donors (Lipinski definition) is 3. The first-order valence-electron chi connectivity index (χ1n) is 5.19. The lowest BCUT2D eigenvalue weighted by Crippen LogP contribution is -2.13. The zero-order chi connectivity index (χ0) is 14.9. The van der Waals surface area contributed by atoms with Crippen LogP contribution in [-0.2, 0) is 10.0 Å². The highest BCUT2D eigenvalue weighted by atomic mass is 35.5. The van der Waals surface area contributed by atoms with Gasteiger partial charge in [0.15, 0.2) is 0 Å². The van der Waals surface area contributed by atoms with Gasteiger partial charge < -0.3 is 10.1 Å². The minimum absolute atomic E-state index is 0.157. The number of hydrogen-bond acceptors (Lipinski definition) is 3. The fraction of sp³-hybridized carbons (Fsp3) is 0. The van der Waals surface area contributed by atoms with E-state index in [1.54, 1.807) is 0 Å². The maximum Gasteiger partial charge on any atom is 0.352 e. The summed E-state index contributed by atoms with van der Waals surface area (Å²) in [6, 6.07) is 4.32. The van der Waals surface area contributed by atoms with Gasteiger partial charge in [0.1, 0.15) is 16.4 Å². The van der Waals surface area contributed by atoms with E-state index in [9.17, 15) is 17.6 Å². The molecule has 1 heterocycles. The first kappa shape index (κ1) is 14.4. The summed E-state index contributed by atoms with van der Waals surface area (Å²) in [6.45, 7) is 0. The first-order chi connectivity index (χ1) is 9.29. The molecule has 0 bridgehead atoms. The van der Waals surface area contributed by atoms with Crippen LogP contribution in [0.1, 0.15) is 10.5 Å². The second-order valence-electron chi connectivity index (χ2n) is 3.78. The predicted molar refractivity (Wildman–Crippen MR) is 70.0 cm³/mol. The molecule has 106 valence electrons. The van der Waals surface area contributed by atoms with Crippen LogP contribution in [0.2, 0.25) is 5.02 Å². The van der Waals surface area contributed by atoms with Crippen molar-refractivity contribution in [2.75, 3.05) is 4.72 Å². The Morgan fingerprint density at radius 1 is 1.35 bits per heavy atom. The summed E-state index contributed by atoms with van der Waals surface area (Å²) < 4.78 is 39.4. The van der Waals surface area contributed by atoms with Crippen LogP contribution in [-0.4, -0.2) is 24.5 Å². The van der Waals surface area contributed by atoms with Crippen LogP contribution in [0.4, 0.5) is 10.1 Å². The molecule has 0 radical (unpaired) electrons. The van der Waals surface area contributed by atoms with Gasteiger partial charge in [-0.25, -0.2) is 17.6 Å². The van der Waals surface area contributed by atoms with Crippen molar-refractivity contribution in [2.45, 2.75) is 4.90 Å². The molecule has 0 saturated carbocycles. The van der Waals surface area contributed by atoms with Gasteiger partial charge in [0.25, 0.3) is 10.0 Å². The first-order valence-corrected chi connectivity index (χ1v) is 7.05. The topological polar surface area (TPSA) is 99.3 Å². The van der Waals surface area contributed by atoms with E-state index in [-0.39, 0.29) is 21.3 Å². The Hall–Kier alpha value is -2.06. The van der Waals surface area contributed by atoms with Gasteiger partial charge in [-0.3, -0.25) is 4.72 Å². The van der Waals surface area contributed by atoms with Crippen molar-refractivity contribution in [3.8, 4) is 0 Å². The fourth-order valence-corrected chi connectivity index (χ4v) is 2.66. The number of carbonyl (C=O) groups is 1. The Balaban J connectivity index is 2.35. The van der Waals surface area contributed by atoms with Gasteiger partial charge in [-0.15, -0.1) is 0 Å². The number of rotatable bonds is 4. The average Bonchev–Trinajstić information content (AvgIpc) is 2.84. The van der Waals surface area contributed by atoms with E-state index in [0.717, 1.165) is 24.4 Å². The van der Waals surface area contributed by atoms with E-state index in [2.05, 4.69) is 4.98 Å². The van der Waals surface area contributed by atoms with Gasteiger partial charge in [-0.2, -0.15) is 0 Å². The molecule has 6 nitrogen and oxygen atoms in total. The molecule has 0 amide bonds. The van der Waals surface area contributed by atoms with Crippen LogP contribution in [0.3, 0.4) is 0 Å². The lowest BCUT2D eigenvalue weighted by molar-refractivity contribution is 0.0691. The van der Waals surface area contributed by atoms with Gasteiger partial charge in [0.05, 0.1) is 5.69 Å². The maximum atomic E-state index is 13.5. The zero-order valence-corrected chi connectivity index (χ0v) is 11.3. The summed E-state index contributed by atoms with van der Waals surface area (Å²) >= 11 is 5.65. The molecule has 0 aliphatic rings. The van der Waals surface area contributed by atoms with Gasteiger partial charge in [-0.05, 0) is 24.3 Å². The number of carboxylic acid groups (broad SMARTS) is 1. The molecule has 1 aromatic heterocycles. The smallest absolute Gasteiger partial charge is 0.352 e. The number of sulfonamides is 1. The molecule has 0 fully saturated rings. The van der Waals surface area contributed by atoms with Crippen LogP contribution >= 0.6 is 11.6 Å². The van der Waals surface area contributed by atoms with E-state index < -0.39 is 21.8 Å². The third-order valence-electron chi connectivity index (χ3n) is 2.37. The lowest BCUT2D eigenvalue weighted by Gasteiger charge is -2.07. The number of halogens is 2. The molecule has 1 aromatic carbocycles. The van der Waals surface area contributed by atoms with Crippen molar-refractivity contribution in [3.05, 3.63) is 47.0 Å². The molecule has 0 unspecified atom stereocenters. The summed E-state index contributed by atoms with van der Waals surface area (Å²) in [6.07, 6.45) is 0.994. The second-order valence-corrected chi connectivity index (χ2v) is 5.90. The number of benzene rings is 1. The van der Waals surface area contributed by atoms with Crippen molar-refractivity contribution in [1.29, 1.82) is 0 Å². The number of aromatic nitrogens is 1. The van der Waals surface area contributed by atoms with Gasteiger partial charge in [0.2, 0.25) is 0 Å². The van der Waals surface area contributed by atoms with Crippen molar-refractivity contribution < 1.29 is 22.7 Å². The fourth-order valence-electron chi connectivity index (χ4n) is 1.43. The van der Waals surface area contributed by atoms with Crippen molar-refractivity contribution >= 4 is 33.3 Å². The Bertz CT molecular complexity index is 772. The highest BCUT2D eigenvalue weighted by Crippen LogP contribution is 2.23. The van der Waals surface area contributed by atoms with Crippen LogP contribution in [0, 0.1) is 5.82 Å². The van der Waals surface area contributed by atoms with E-state index in [4.69, 9.17) is 16.7 Å². The molecule has 0 spiro atoms. The molecule has 0 aliphatic heterocycles. The average molecular weight is 319 g/mol. The Kier molecular flexibility index (Phi) is 3.69. The van der Waals surface area contributed by atoms with Crippen LogP contribution in [0.5, 0.6) is 0 Å². The summed E-state index contributed by atoms with van der Waals surface area (Å²) in [7, 11) is -4.11. The highest BCUT2D eigenvalue weighted by molar-refractivity contribution is 7.92. The van der Waals surface area contributed by atoms with Crippen molar-refractivity contribution in [2.24, 2.45) is 0 Å². The number of carboxylic acids is 1. The second kappa shape index (κ2) is 5.14. The monoisotopic (exact) mass is 318 g/mol. The normalized spacial score (nSPS) is 11.3. The van der Waals surface area contributed by atoms with Crippen LogP contribution in [0.25, 0.3) is 0 Å². The van der Waals surface area contributed by atoms with Gasteiger partial charge >= 0.3 is 5.97 Å². The molecule has 2 aromatic rings. The van der Waals surface area contributed by atoms with E-state index in [1.165, 1.54) is 6.07 Å². The molecule has 0 saturated heterocycles. The van der Waals surface area contributed by atoms with E-state index >= 15 is 0 Å². The SMILES string of the molecule is O=C(O)c1cc(S(=O)(=O)Nc2cc(Cl)ccc2F)c[nH]1. The van der Waals surface area contributed by atoms with Crippen LogP contribution in [0.15, 0.2) is 35.4 Å². The zero-order valence-electron chi connectivity index (χ0n) is 9.72. The Morgan fingerprint density at radius 2 is 2.05 bits per heavy atom.